The number of piperazine rings is 1. The van der Waals surface area contributed by atoms with E-state index in [0.717, 1.165) is 32.7 Å². The molecule has 0 atom stereocenters. The molecule has 4 rings (SSSR count). The maximum absolute atomic E-state index is 12.5. The summed E-state index contributed by atoms with van der Waals surface area (Å²) in [5.41, 5.74) is 1.30. The standard InChI is InChI=1S/C18H21N7O2S/c26-17(12-28-18-22-21-16(27-18)11-25-14-19-13-20-25)24-8-6-23(7-9-24)10-15-4-2-1-3-5-15/h1-5,13-14H,6-12H2. The number of benzene rings is 1. The summed E-state index contributed by atoms with van der Waals surface area (Å²) < 4.78 is 7.15. The first-order valence-corrected chi connectivity index (χ1v) is 10.1. The summed E-state index contributed by atoms with van der Waals surface area (Å²) in [5, 5.41) is 12.3. The normalized spacial score (nSPS) is 15.1. The fourth-order valence-corrected chi connectivity index (χ4v) is 3.71. The number of hydrogen-bond donors (Lipinski definition) is 0. The molecule has 0 N–H and O–H groups in total. The van der Waals surface area contributed by atoms with E-state index in [-0.39, 0.29) is 5.91 Å². The summed E-state index contributed by atoms with van der Waals surface area (Å²) >= 11 is 1.27. The third kappa shape index (κ3) is 4.96. The summed E-state index contributed by atoms with van der Waals surface area (Å²) in [6.45, 7) is 4.54. The Kier molecular flexibility index (Phi) is 5.98. The SMILES string of the molecule is O=C(CSc1nnc(Cn2cncn2)o1)N1CCN(Cc2ccccc2)CC1. The van der Waals surface area contributed by atoms with Gasteiger partial charge in [-0.25, -0.2) is 9.67 Å². The highest BCUT2D eigenvalue weighted by molar-refractivity contribution is 7.99. The summed E-state index contributed by atoms with van der Waals surface area (Å²) in [6, 6.07) is 10.4. The van der Waals surface area contributed by atoms with Gasteiger partial charge in [0.2, 0.25) is 11.8 Å². The number of hydrogen-bond acceptors (Lipinski definition) is 8. The largest absolute Gasteiger partial charge is 0.414 e. The quantitative estimate of drug-likeness (QED) is 0.546. The molecule has 1 aromatic carbocycles. The van der Waals surface area contributed by atoms with Crippen molar-refractivity contribution in [1.82, 2.24) is 34.8 Å². The summed E-state index contributed by atoms with van der Waals surface area (Å²) in [4.78, 5) is 20.6. The maximum Gasteiger partial charge on any atom is 0.277 e. The second-order valence-corrected chi connectivity index (χ2v) is 7.41. The van der Waals surface area contributed by atoms with Crippen LogP contribution in [0.25, 0.3) is 0 Å². The predicted molar refractivity (Wildman–Crippen MR) is 102 cm³/mol. The molecule has 3 aromatic rings. The van der Waals surface area contributed by atoms with Gasteiger partial charge in [0, 0.05) is 32.7 Å². The molecule has 0 radical (unpaired) electrons. The Morgan fingerprint density at radius 1 is 1.07 bits per heavy atom. The van der Waals surface area contributed by atoms with Gasteiger partial charge in [-0.1, -0.05) is 42.1 Å². The van der Waals surface area contributed by atoms with Gasteiger partial charge < -0.3 is 9.32 Å². The van der Waals surface area contributed by atoms with Crippen LogP contribution in [0.4, 0.5) is 0 Å². The van der Waals surface area contributed by atoms with Crippen molar-refractivity contribution in [3.8, 4) is 0 Å². The van der Waals surface area contributed by atoms with Crippen LogP contribution in [0.2, 0.25) is 0 Å². The molecule has 146 valence electrons. The Balaban J connectivity index is 1.20. The van der Waals surface area contributed by atoms with Gasteiger partial charge in [-0.2, -0.15) is 5.10 Å². The molecule has 0 aliphatic carbocycles. The lowest BCUT2D eigenvalue weighted by Crippen LogP contribution is -2.48. The van der Waals surface area contributed by atoms with Crippen LogP contribution in [0.1, 0.15) is 11.5 Å². The average Bonchev–Trinajstić information content (AvgIpc) is 3.40. The van der Waals surface area contributed by atoms with Gasteiger partial charge in [0.1, 0.15) is 19.2 Å². The highest BCUT2D eigenvalue weighted by Gasteiger charge is 2.22. The van der Waals surface area contributed by atoms with Gasteiger partial charge in [0.05, 0.1) is 5.75 Å². The fourth-order valence-electron chi connectivity index (χ4n) is 3.03. The van der Waals surface area contributed by atoms with Crippen molar-refractivity contribution in [3.05, 3.63) is 54.4 Å². The van der Waals surface area contributed by atoms with Crippen molar-refractivity contribution in [2.75, 3.05) is 31.9 Å². The Bertz CT molecular complexity index is 876. The van der Waals surface area contributed by atoms with Crippen LogP contribution in [0, 0.1) is 0 Å². The monoisotopic (exact) mass is 399 g/mol. The first kappa shape index (κ1) is 18.6. The van der Waals surface area contributed by atoms with E-state index in [2.05, 4.69) is 49.4 Å². The zero-order chi connectivity index (χ0) is 19.2. The Labute approximate surface area is 166 Å². The molecule has 1 aliphatic heterocycles. The van der Waals surface area contributed by atoms with Crippen molar-refractivity contribution in [3.63, 3.8) is 0 Å². The smallest absolute Gasteiger partial charge is 0.277 e. The van der Waals surface area contributed by atoms with Crippen LogP contribution in [0.15, 0.2) is 52.6 Å². The number of rotatable bonds is 7. The van der Waals surface area contributed by atoms with E-state index in [1.54, 1.807) is 11.0 Å². The number of aromatic nitrogens is 5. The average molecular weight is 399 g/mol. The van der Waals surface area contributed by atoms with Crippen LogP contribution in [0.5, 0.6) is 0 Å². The van der Waals surface area contributed by atoms with Crippen molar-refractivity contribution in [2.45, 2.75) is 18.3 Å². The molecule has 0 bridgehead atoms. The van der Waals surface area contributed by atoms with E-state index < -0.39 is 0 Å². The molecule has 9 nitrogen and oxygen atoms in total. The second-order valence-electron chi connectivity index (χ2n) is 6.49. The Hall–Kier alpha value is -2.72. The van der Waals surface area contributed by atoms with Gasteiger partial charge >= 0.3 is 0 Å². The Morgan fingerprint density at radius 3 is 2.64 bits per heavy atom. The van der Waals surface area contributed by atoms with Crippen molar-refractivity contribution >= 4 is 17.7 Å². The van der Waals surface area contributed by atoms with Crippen LogP contribution in [-0.4, -0.2) is 72.6 Å². The van der Waals surface area contributed by atoms with E-state index in [9.17, 15) is 4.79 Å². The van der Waals surface area contributed by atoms with E-state index in [1.165, 1.54) is 23.7 Å². The van der Waals surface area contributed by atoms with Gasteiger partial charge in [0.15, 0.2) is 0 Å². The lowest BCUT2D eigenvalue weighted by molar-refractivity contribution is -0.130. The molecule has 3 heterocycles. The molecule has 1 fully saturated rings. The van der Waals surface area contributed by atoms with Gasteiger partial charge in [0.25, 0.3) is 5.22 Å². The lowest BCUT2D eigenvalue weighted by Gasteiger charge is -2.34. The molecule has 0 spiro atoms. The highest BCUT2D eigenvalue weighted by Crippen LogP contribution is 2.18. The minimum Gasteiger partial charge on any atom is -0.414 e. The van der Waals surface area contributed by atoms with Crippen LogP contribution in [0.3, 0.4) is 0 Å². The van der Waals surface area contributed by atoms with Gasteiger partial charge in [-0.3, -0.25) is 9.69 Å². The molecule has 1 saturated heterocycles. The third-order valence-electron chi connectivity index (χ3n) is 4.51. The predicted octanol–water partition coefficient (Wildman–Crippen LogP) is 1.15. The number of thioether (sulfide) groups is 1. The topological polar surface area (TPSA) is 93.2 Å². The van der Waals surface area contributed by atoms with Gasteiger partial charge in [-0.15, -0.1) is 10.2 Å². The zero-order valence-electron chi connectivity index (χ0n) is 15.3. The van der Waals surface area contributed by atoms with Crippen LogP contribution >= 0.6 is 11.8 Å². The number of carbonyl (C=O) groups is 1. The maximum atomic E-state index is 12.5. The minimum absolute atomic E-state index is 0.0976. The number of amides is 1. The number of nitrogens with zero attached hydrogens (tertiary/aromatic N) is 7. The number of carbonyl (C=O) groups excluding carboxylic acids is 1. The second kappa shape index (κ2) is 8.98. The third-order valence-corrected chi connectivity index (χ3v) is 5.31. The van der Waals surface area contributed by atoms with Gasteiger partial charge in [-0.05, 0) is 5.56 Å². The van der Waals surface area contributed by atoms with E-state index >= 15 is 0 Å². The van der Waals surface area contributed by atoms with E-state index in [4.69, 9.17) is 4.42 Å². The minimum atomic E-state index is 0.0976. The fraction of sp³-hybridized carbons (Fsp3) is 0.389. The highest BCUT2D eigenvalue weighted by atomic mass is 32.2. The molecular weight excluding hydrogens is 378 g/mol. The molecule has 2 aromatic heterocycles. The molecule has 10 heteroatoms. The summed E-state index contributed by atoms with van der Waals surface area (Å²) in [7, 11) is 0. The molecule has 1 aliphatic rings. The van der Waals surface area contributed by atoms with Crippen molar-refractivity contribution in [1.29, 1.82) is 0 Å². The Morgan fingerprint density at radius 2 is 1.89 bits per heavy atom. The van der Waals surface area contributed by atoms with Crippen LogP contribution < -0.4 is 0 Å². The van der Waals surface area contributed by atoms with Crippen molar-refractivity contribution < 1.29 is 9.21 Å². The van der Waals surface area contributed by atoms with E-state index in [1.807, 2.05) is 11.0 Å². The molecule has 1 amide bonds. The van der Waals surface area contributed by atoms with Crippen molar-refractivity contribution in [2.24, 2.45) is 0 Å². The lowest BCUT2D eigenvalue weighted by atomic mass is 10.2. The first-order valence-electron chi connectivity index (χ1n) is 9.08. The summed E-state index contributed by atoms with van der Waals surface area (Å²) in [5.74, 6) is 0.833. The van der Waals surface area contributed by atoms with E-state index in [0.29, 0.717) is 23.4 Å². The molecule has 28 heavy (non-hydrogen) atoms. The zero-order valence-corrected chi connectivity index (χ0v) is 16.2. The first-order chi connectivity index (χ1) is 13.8. The molecular formula is C18H21N7O2S. The van der Waals surface area contributed by atoms with Crippen LogP contribution in [-0.2, 0) is 17.9 Å². The summed E-state index contributed by atoms with van der Waals surface area (Å²) in [6.07, 6.45) is 3.03. The molecule has 0 unspecified atom stereocenters. The molecule has 0 saturated carbocycles.